The molecule has 1 rings (SSSR count). The molecule has 1 atom stereocenters. The van der Waals surface area contributed by atoms with Crippen LogP contribution in [0.2, 0.25) is 19.6 Å². The van der Waals surface area contributed by atoms with Crippen molar-refractivity contribution in [2.75, 3.05) is 13.2 Å². The Morgan fingerprint density at radius 3 is 2.44 bits per heavy atom. The van der Waals surface area contributed by atoms with Crippen molar-refractivity contribution in [2.24, 2.45) is 0 Å². The third-order valence-electron chi connectivity index (χ3n) is 1.21. The van der Waals surface area contributed by atoms with Gasteiger partial charge in [0.15, 0.2) is 8.32 Å². The molecule has 2 nitrogen and oxygen atoms in total. The molecule has 3 heteroatoms. The second kappa shape index (κ2) is 2.40. The Morgan fingerprint density at radius 1 is 1.56 bits per heavy atom. The minimum absolute atomic E-state index is 0.678. The van der Waals surface area contributed by atoms with Crippen LogP contribution >= 0.6 is 0 Å². The second-order valence-electron chi connectivity index (χ2n) is 3.53. The lowest BCUT2D eigenvalue weighted by Gasteiger charge is -2.15. The molecule has 1 fully saturated rings. The summed E-state index contributed by atoms with van der Waals surface area (Å²) in [5.74, 6) is 0. The van der Waals surface area contributed by atoms with E-state index in [0.717, 1.165) is 13.2 Å². The number of rotatable bonds is 3. The highest BCUT2D eigenvalue weighted by Gasteiger charge is 2.23. The third kappa shape index (κ3) is 3.67. The van der Waals surface area contributed by atoms with Gasteiger partial charge in [-0.25, -0.2) is 0 Å². The molecule has 0 radical (unpaired) electrons. The number of hydrogen-bond donors (Lipinski definition) is 1. The number of hydrogen-bond acceptors (Lipinski definition) is 2. The van der Waals surface area contributed by atoms with Crippen molar-refractivity contribution >= 4 is 8.32 Å². The summed E-state index contributed by atoms with van der Waals surface area (Å²) in [7, 11) is -1.22. The Labute approximate surface area is 57.7 Å². The van der Waals surface area contributed by atoms with Crippen LogP contribution in [0, 0.1) is 0 Å². The van der Waals surface area contributed by atoms with Crippen LogP contribution in [0.5, 0.6) is 0 Å². The van der Waals surface area contributed by atoms with Gasteiger partial charge in [-0.15, -0.1) is 0 Å². The van der Waals surface area contributed by atoms with Crippen LogP contribution in [-0.4, -0.2) is 27.5 Å². The fourth-order valence-corrected chi connectivity index (χ4v) is 1.25. The summed E-state index contributed by atoms with van der Waals surface area (Å²) in [6.45, 7) is 8.74. The van der Waals surface area contributed by atoms with E-state index in [9.17, 15) is 0 Å². The molecule has 0 aromatic rings. The van der Waals surface area contributed by atoms with Crippen molar-refractivity contribution in [1.29, 1.82) is 0 Å². The molecule has 9 heavy (non-hydrogen) atoms. The first kappa shape index (κ1) is 7.25. The first-order valence-electron chi connectivity index (χ1n) is 3.45. The van der Waals surface area contributed by atoms with Crippen molar-refractivity contribution in [3.05, 3.63) is 0 Å². The van der Waals surface area contributed by atoms with Crippen LogP contribution in [0.25, 0.3) is 0 Å². The van der Waals surface area contributed by atoms with Crippen LogP contribution < -0.4 is 5.32 Å². The zero-order valence-corrected chi connectivity index (χ0v) is 7.40. The van der Waals surface area contributed by atoms with Crippen LogP contribution in [0.4, 0.5) is 0 Å². The van der Waals surface area contributed by atoms with Crippen molar-refractivity contribution in [3.63, 3.8) is 0 Å². The van der Waals surface area contributed by atoms with Gasteiger partial charge in [-0.3, -0.25) is 0 Å². The molecule has 0 spiro atoms. The molecule has 1 unspecified atom stereocenters. The van der Waals surface area contributed by atoms with Gasteiger partial charge in [0.2, 0.25) is 0 Å². The lowest BCUT2D eigenvalue weighted by molar-refractivity contribution is 0.313. The van der Waals surface area contributed by atoms with E-state index >= 15 is 0 Å². The average molecular weight is 145 g/mol. The molecular weight excluding hydrogens is 130 g/mol. The maximum atomic E-state index is 5.63. The minimum atomic E-state index is -1.22. The molecule has 0 aliphatic carbocycles. The molecule has 0 aromatic carbocycles. The first-order chi connectivity index (χ1) is 4.08. The highest BCUT2D eigenvalue weighted by molar-refractivity contribution is 6.69. The molecule has 0 saturated carbocycles. The minimum Gasteiger partial charge on any atom is -0.416 e. The Morgan fingerprint density at radius 2 is 2.11 bits per heavy atom. The molecule has 1 saturated heterocycles. The lowest BCUT2D eigenvalue weighted by Crippen LogP contribution is -2.27. The Balaban J connectivity index is 2.03. The summed E-state index contributed by atoms with van der Waals surface area (Å²) >= 11 is 0. The largest absolute Gasteiger partial charge is 0.416 e. The molecule has 54 valence electrons. The van der Waals surface area contributed by atoms with Crippen LogP contribution in [-0.2, 0) is 4.43 Å². The topological polar surface area (TPSA) is 31.2 Å². The Hall–Kier alpha value is 0.137. The van der Waals surface area contributed by atoms with E-state index in [1.807, 2.05) is 0 Å². The fraction of sp³-hybridized carbons (Fsp3) is 1.00. The highest BCUT2D eigenvalue weighted by Crippen LogP contribution is 2.06. The van der Waals surface area contributed by atoms with Gasteiger partial charge in [-0.1, -0.05) is 0 Å². The van der Waals surface area contributed by atoms with Gasteiger partial charge in [0, 0.05) is 12.6 Å². The van der Waals surface area contributed by atoms with Gasteiger partial charge in [0.25, 0.3) is 0 Å². The maximum Gasteiger partial charge on any atom is 0.183 e. The van der Waals surface area contributed by atoms with E-state index in [-0.39, 0.29) is 0 Å². The first-order valence-corrected chi connectivity index (χ1v) is 6.86. The molecule has 0 aromatic heterocycles. The van der Waals surface area contributed by atoms with Gasteiger partial charge < -0.3 is 9.74 Å². The zero-order chi connectivity index (χ0) is 6.91. The normalized spacial score (nSPS) is 26.3. The summed E-state index contributed by atoms with van der Waals surface area (Å²) in [6, 6.07) is 0.678. The predicted molar refractivity (Wildman–Crippen MR) is 41.1 cm³/mol. The van der Waals surface area contributed by atoms with Gasteiger partial charge in [0.05, 0.1) is 6.61 Å². The predicted octanol–water partition coefficient (Wildman–Crippen LogP) is 0.810. The van der Waals surface area contributed by atoms with E-state index in [2.05, 4.69) is 25.0 Å². The Bertz CT molecular complexity index is 95.7. The second-order valence-corrected chi connectivity index (χ2v) is 8.04. The third-order valence-corrected chi connectivity index (χ3v) is 2.24. The average Bonchev–Trinajstić information content (AvgIpc) is 2.38. The zero-order valence-electron chi connectivity index (χ0n) is 6.40. The van der Waals surface area contributed by atoms with Gasteiger partial charge in [0.1, 0.15) is 0 Å². The fourth-order valence-electron chi connectivity index (χ4n) is 0.552. The van der Waals surface area contributed by atoms with E-state index in [1.54, 1.807) is 0 Å². The quantitative estimate of drug-likeness (QED) is 0.470. The van der Waals surface area contributed by atoms with Crippen LogP contribution in [0.1, 0.15) is 0 Å². The standard InChI is InChI=1S/C6H15NOSi/c1-9(2,3)8-5-6-4-7-6/h6-7H,4-5H2,1-3H3. The molecule has 0 amide bonds. The van der Waals surface area contributed by atoms with E-state index in [1.165, 1.54) is 0 Å². The van der Waals surface area contributed by atoms with Gasteiger partial charge in [-0.05, 0) is 19.6 Å². The molecule has 1 heterocycles. The molecule has 0 bridgehead atoms. The van der Waals surface area contributed by atoms with Gasteiger partial charge >= 0.3 is 0 Å². The lowest BCUT2D eigenvalue weighted by atomic mass is 10.5. The van der Waals surface area contributed by atoms with E-state index in [4.69, 9.17) is 4.43 Å². The van der Waals surface area contributed by atoms with Crippen molar-refractivity contribution in [3.8, 4) is 0 Å². The monoisotopic (exact) mass is 145 g/mol. The van der Waals surface area contributed by atoms with E-state index < -0.39 is 8.32 Å². The smallest absolute Gasteiger partial charge is 0.183 e. The molecular formula is C6H15NOSi. The van der Waals surface area contributed by atoms with E-state index in [0.29, 0.717) is 6.04 Å². The molecule has 1 N–H and O–H groups in total. The molecule has 1 aliphatic heterocycles. The summed E-state index contributed by atoms with van der Waals surface area (Å²) in [5, 5.41) is 3.20. The van der Waals surface area contributed by atoms with Gasteiger partial charge in [-0.2, -0.15) is 0 Å². The van der Waals surface area contributed by atoms with Crippen molar-refractivity contribution in [2.45, 2.75) is 25.7 Å². The number of nitrogens with one attached hydrogen (secondary N) is 1. The highest BCUT2D eigenvalue weighted by atomic mass is 28.4. The molecule has 1 aliphatic rings. The summed E-state index contributed by atoms with van der Waals surface area (Å²) < 4.78 is 5.63. The summed E-state index contributed by atoms with van der Waals surface area (Å²) in [5.41, 5.74) is 0. The maximum absolute atomic E-state index is 5.63. The van der Waals surface area contributed by atoms with Crippen molar-refractivity contribution in [1.82, 2.24) is 5.32 Å². The summed E-state index contributed by atoms with van der Waals surface area (Å²) in [6.07, 6.45) is 0. The Kier molecular flexibility index (Phi) is 1.93. The van der Waals surface area contributed by atoms with Crippen LogP contribution in [0.3, 0.4) is 0 Å². The van der Waals surface area contributed by atoms with Crippen molar-refractivity contribution < 1.29 is 4.43 Å². The van der Waals surface area contributed by atoms with Crippen LogP contribution in [0.15, 0.2) is 0 Å². The summed E-state index contributed by atoms with van der Waals surface area (Å²) in [4.78, 5) is 0. The SMILES string of the molecule is C[Si](C)(C)OCC1CN1.